The van der Waals surface area contributed by atoms with E-state index in [0.717, 1.165) is 11.3 Å². The van der Waals surface area contributed by atoms with E-state index >= 15 is 0 Å². The second-order valence-corrected chi connectivity index (χ2v) is 8.48. The normalized spacial score (nSPS) is 15.7. The van der Waals surface area contributed by atoms with Crippen molar-refractivity contribution in [1.29, 1.82) is 0 Å². The zero-order valence-electron chi connectivity index (χ0n) is 14.4. The van der Waals surface area contributed by atoms with E-state index in [1.807, 2.05) is 17.0 Å². The molecule has 0 aliphatic carbocycles. The lowest BCUT2D eigenvalue weighted by atomic mass is 10.1. The number of aromatic nitrogens is 6. The monoisotopic (exact) mass is 384 g/mol. The Morgan fingerprint density at radius 2 is 2.07 bits per heavy atom. The Labute approximate surface area is 154 Å². The lowest BCUT2D eigenvalue weighted by Crippen LogP contribution is -2.60. The number of benzene rings is 1. The van der Waals surface area contributed by atoms with Crippen molar-refractivity contribution >= 4 is 32.5 Å². The minimum atomic E-state index is -3.59. The van der Waals surface area contributed by atoms with Gasteiger partial charge < -0.3 is 9.88 Å². The molecule has 1 aliphatic heterocycles. The highest BCUT2D eigenvalue weighted by Crippen LogP contribution is 2.26. The fourth-order valence-corrected chi connectivity index (χ4v) is 4.56. The second-order valence-electron chi connectivity index (χ2n) is 6.49. The number of anilines is 1. The number of sulfonamides is 1. The van der Waals surface area contributed by atoms with Gasteiger partial charge in [0.05, 0.1) is 28.3 Å². The molecule has 0 atom stereocenters. The highest BCUT2D eigenvalue weighted by Gasteiger charge is 2.37. The zero-order chi connectivity index (χ0) is 18.6. The molecule has 0 spiro atoms. The summed E-state index contributed by atoms with van der Waals surface area (Å²) < 4.78 is 28.9. The molecule has 0 bridgehead atoms. The molecule has 1 fully saturated rings. The van der Waals surface area contributed by atoms with Crippen LogP contribution in [-0.4, -0.2) is 68.7 Å². The molecule has 0 unspecified atom stereocenters. The van der Waals surface area contributed by atoms with Crippen LogP contribution in [0.1, 0.15) is 0 Å². The minimum absolute atomic E-state index is 0.120. The molecule has 4 heterocycles. The van der Waals surface area contributed by atoms with E-state index in [1.165, 1.54) is 10.6 Å². The topological polar surface area (TPSA) is 112 Å². The Morgan fingerprint density at radius 3 is 2.93 bits per heavy atom. The first-order valence-corrected chi connectivity index (χ1v) is 9.79. The van der Waals surface area contributed by atoms with Crippen molar-refractivity contribution in [3.05, 3.63) is 43.0 Å². The van der Waals surface area contributed by atoms with Crippen LogP contribution in [0.15, 0.2) is 47.9 Å². The molecule has 1 aromatic carbocycles. The summed E-state index contributed by atoms with van der Waals surface area (Å²) in [6, 6.07) is 8.49. The SMILES string of the molecule is CN(C1CN(c2ccc3nncn3n2)C1)S(=O)(=O)c1ccc2nc[nH]c2c1. The zero-order valence-corrected chi connectivity index (χ0v) is 15.2. The fourth-order valence-electron chi connectivity index (χ4n) is 3.20. The minimum Gasteiger partial charge on any atom is -0.352 e. The number of hydrogen-bond donors (Lipinski definition) is 1. The molecule has 0 amide bonds. The van der Waals surface area contributed by atoms with Crippen LogP contribution in [0, 0.1) is 0 Å². The van der Waals surface area contributed by atoms with Gasteiger partial charge in [-0.1, -0.05) is 0 Å². The summed E-state index contributed by atoms with van der Waals surface area (Å²) in [7, 11) is -1.97. The standard InChI is InChI=1S/C16H16N8O2S/c1-22(27(25,26)12-2-3-13-14(6-12)18-9-17-13)11-7-23(8-11)16-5-4-15-20-19-10-24(15)21-16/h2-6,9-11H,7-8H2,1H3,(H,17,18). The van der Waals surface area contributed by atoms with Gasteiger partial charge in [-0.25, -0.2) is 13.4 Å². The van der Waals surface area contributed by atoms with Gasteiger partial charge in [-0.2, -0.15) is 8.82 Å². The highest BCUT2D eigenvalue weighted by molar-refractivity contribution is 7.89. The summed E-state index contributed by atoms with van der Waals surface area (Å²) in [4.78, 5) is 9.34. The third-order valence-electron chi connectivity index (χ3n) is 4.92. The van der Waals surface area contributed by atoms with Gasteiger partial charge in [-0.05, 0) is 30.3 Å². The van der Waals surface area contributed by atoms with Gasteiger partial charge >= 0.3 is 0 Å². The maximum absolute atomic E-state index is 13.0. The molecule has 1 saturated heterocycles. The van der Waals surface area contributed by atoms with E-state index in [0.29, 0.717) is 24.3 Å². The summed E-state index contributed by atoms with van der Waals surface area (Å²) in [5, 5.41) is 12.2. The molecule has 0 saturated carbocycles. The Balaban J connectivity index is 1.34. The number of nitrogens with one attached hydrogen (secondary N) is 1. The summed E-state index contributed by atoms with van der Waals surface area (Å²) in [5.74, 6) is 0.767. The van der Waals surface area contributed by atoms with E-state index in [4.69, 9.17) is 0 Å². The summed E-state index contributed by atoms with van der Waals surface area (Å²) in [5.41, 5.74) is 2.11. The average Bonchev–Trinajstić information content (AvgIpc) is 3.28. The number of hydrogen-bond acceptors (Lipinski definition) is 7. The highest BCUT2D eigenvalue weighted by atomic mass is 32.2. The van der Waals surface area contributed by atoms with Crippen molar-refractivity contribution in [1.82, 2.24) is 34.1 Å². The van der Waals surface area contributed by atoms with Crippen molar-refractivity contribution in [3.8, 4) is 0 Å². The predicted octanol–water partition coefficient (Wildman–Crippen LogP) is 0.510. The number of rotatable bonds is 4. The number of H-pyrrole nitrogens is 1. The second kappa shape index (κ2) is 5.72. The van der Waals surface area contributed by atoms with Crippen LogP contribution in [0.2, 0.25) is 0 Å². The molecule has 1 aliphatic rings. The van der Waals surface area contributed by atoms with Gasteiger partial charge in [-0.15, -0.1) is 15.3 Å². The van der Waals surface area contributed by atoms with Gasteiger partial charge in [0.2, 0.25) is 10.0 Å². The Kier molecular flexibility index (Phi) is 3.42. The summed E-state index contributed by atoms with van der Waals surface area (Å²) in [6.07, 6.45) is 3.09. The van der Waals surface area contributed by atoms with Gasteiger partial charge in [-0.3, -0.25) is 0 Å². The molecule has 11 heteroatoms. The van der Waals surface area contributed by atoms with Crippen molar-refractivity contribution in [2.24, 2.45) is 0 Å². The average molecular weight is 384 g/mol. The van der Waals surface area contributed by atoms with E-state index in [-0.39, 0.29) is 10.9 Å². The number of aromatic amines is 1. The molecule has 3 aromatic heterocycles. The predicted molar refractivity (Wildman–Crippen MR) is 97.8 cm³/mol. The first-order chi connectivity index (χ1) is 13.0. The van der Waals surface area contributed by atoms with Crippen molar-refractivity contribution in [3.63, 3.8) is 0 Å². The first-order valence-electron chi connectivity index (χ1n) is 8.35. The molecule has 1 N–H and O–H groups in total. The smallest absolute Gasteiger partial charge is 0.243 e. The maximum Gasteiger partial charge on any atom is 0.243 e. The molecule has 4 aromatic rings. The summed E-state index contributed by atoms with van der Waals surface area (Å²) in [6.45, 7) is 1.14. The van der Waals surface area contributed by atoms with E-state index in [1.54, 1.807) is 36.1 Å². The number of imidazole rings is 1. The van der Waals surface area contributed by atoms with Gasteiger partial charge in [0.15, 0.2) is 5.65 Å². The maximum atomic E-state index is 13.0. The van der Waals surface area contributed by atoms with E-state index < -0.39 is 10.0 Å². The van der Waals surface area contributed by atoms with Crippen LogP contribution >= 0.6 is 0 Å². The summed E-state index contributed by atoms with van der Waals surface area (Å²) >= 11 is 0. The van der Waals surface area contributed by atoms with Gasteiger partial charge in [0.25, 0.3) is 0 Å². The van der Waals surface area contributed by atoms with Gasteiger partial charge in [0, 0.05) is 20.1 Å². The quantitative estimate of drug-likeness (QED) is 0.545. The third kappa shape index (κ3) is 2.54. The van der Waals surface area contributed by atoms with Crippen LogP contribution in [0.4, 0.5) is 5.82 Å². The molecule has 10 nitrogen and oxygen atoms in total. The molecule has 0 radical (unpaired) electrons. The van der Waals surface area contributed by atoms with Crippen LogP contribution in [0.5, 0.6) is 0 Å². The van der Waals surface area contributed by atoms with Crippen LogP contribution in [-0.2, 0) is 10.0 Å². The molecule has 27 heavy (non-hydrogen) atoms. The van der Waals surface area contributed by atoms with E-state index in [2.05, 4.69) is 25.3 Å². The van der Waals surface area contributed by atoms with Crippen LogP contribution in [0.25, 0.3) is 16.7 Å². The number of nitrogens with zero attached hydrogens (tertiary/aromatic N) is 7. The van der Waals surface area contributed by atoms with Crippen molar-refractivity contribution < 1.29 is 8.42 Å². The Morgan fingerprint density at radius 1 is 1.22 bits per heavy atom. The molecular weight excluding hydrogens is 368 g/mol. The van der Waals surface area contributed by atoms with E-state index in [9.17, 15) is 8.42 Å². The molecule has 138 valence electrons. The van der Waals surface area contributed by atoms with Gasteiger partial charge in [0.1, 0.15) is 12.1 Å². The first kappa shape index (κ1) is 16.1. The largest absolute Gasteiger partial charge is 0.352 e. The lowest BCUT2D eigenvalue weighted by Gasteiger charge is -2.43. The Bertz CT molecular complexity index is 1240. The van der Waals surface area contributed by atoms with Crippen LogP contribution in [0.3, 0.4) is 0 Å². The molecule has 5 rings (SSSR count). The van der Waals surface area contributed by atoms with Crippen LogP contribution < -0.4 is 4.90 Å². The fraction of sp³-hybridized carbons (Fsp3) is 0.250. The number of likely N-dealkylation sites (N-methyl/N-ethyl adjacent to an activating group) is 1. The van der Waals surface area contributed by atoms with Crippen molar-refractivity contribution in [2.75, 3.05) is 25.0 Å². The van der Waals surface area contributed by atoms with Crippen molar-refractivity contribution in [2.45, 2.75) is 10.9 Å². The Hall–Kier alpha value is -3.05. The lowest BCUT2D eigenvalue weighted by molar-refractivity contribution is 0.309. The third-order valence-corrected chi connectivity index (χ3v) is 6.82. The number of fused-ring (bicyclic) bond motifs is 2. The molecular formula is C16H16N8O2S.